The summed E-state index contributed by atoms with van der Waals surface area (Å²) in [5.74, 6) is 0. The molecule has 0 radical (unpaired) electrons. The fourth-order valence-electron chi connectivity index (χ4n) is 3.64. The van der Waals surface area contributed by atoms with Gasteiger partial charge in [-0.2, -0.15) is 0 Å². The van der Waals surface area contributed by atoms with Gasteiger partial charge in [0.05, 0.1) is 0 Å². The second kappa shape index (κ2) is 8.06. The standard InChI is InChI=1S/C25H27FO/c1-3-4-19-25(26,24(2,27)22-13-9-6-10-14-22)23-17-15-21(16-18-23)20-11-7-5-8-12-20/h5-18,27H,3-4,19H2,1-2H3. The first-order valence-electron chi connectivity index (χ1n) is 9.62. The van der Waals surface area contributed by atoms with Crippen molar-refractivity contribution in [3.05, 3.63) is 96.1 Å². The summed E-state index contributed by atoms with van der Waals surface area (Å²) in [7, 11) is 0. The summed E-state index contributed by atoms with van der Waals surface area (Å²) >= 11 is 0. The van der Waals surface area contributed by atoms with Gasteiger partial charge in [0, 0.05) is 0 Å². The van der Waals surface area contributed by atoms with Crippen LogP contribution in [0, 0.1) is 0 Å². The molecular formula is C25H27FO. The summed E-state index contributed by atoms with van der Waals surface area (Å²) in [5.41, 5.74) is -0.231. The zero-order valence-corrected chi connectivity index (χ0v) is 16.0. The van der Waals surface area contributed by atoms with Gasteiger partial charge in [0.2, 0.25) is 0 Å². The Morgan fingerprint density at radius 1 is 0.741 bits per heavy atom. The quantitative estimate of drug-likeness (QED) is 0.501. The third-order valence-corrected chi connectivity index (χ3v) is 5.43. The Morgan fingerprint density at radius 2 is 1.26 bits per heavy atom. The number of unbranched alkanes of at least 4 members (excludes halogenated alkanes) is 1. The number of aliphatic hydroxyl groups is 1. The molecule has 3 rings (SSSR count). The average molecular weight is 362 g/mol. The smallest absolute Gasteiger partial charge is 0.168 e. The summed E-state index contributed by atoms with van der Waals surface area (Å²) in [6.07, 6.45) is 1.86. The maximum Gasteiger partial charge on any atom is 0.168 e. The van der Waals surface area contributed by atoms with Gasteiger partial charge in [-0.15, -0.1) is 0 Å². The van der Waals surface area contributed by atoms with Crippen LogP contribution in [0.3, 0.4) is 0 Å². The highest BCUT2D eigenvalue weighted by molar-refractivity contribution is 5.63. The molecule has 0 aliphatic heterocycles. The summed E-state index contributed by atoms with van der Waals surface area (Å²) < 4.78 is 16.5. The van der Waals surface area contributed by atoms with E-state index in [1.807, 2.05) is 79.7 Å². The van der Waals surface area contributed by atoms with Gasteiger partial charge in [-0.05, 0) is 35.6 Å². The van der Waals surface area contributed by atoms with Crippen LogP contribution >= 0.6 is 0 Å². The number of rotatable bonds is 7. The van der Waals surface area contributed by atoms with E-state index in [0.717, 1.165) is 17.5 Å². The van der Waals surface area contributed by atoms with Crippen LogP contribution < -0.4 is 0 Å². The molecule has 0 bridgehead atoms. The Bertz CT molecular complexity index is 841. The maximum absolute atomic E-state index is 16.5. The van der Waals surface area contributed by atoms with Gasteiger partial charge in [0.1, 0.15) is 5.60 Å². The molecule has 3 aromatic rings. The minimum Gasteiger partial charge on any atom is -0.382 e. The average Bonchev–Trinajstić information content (AvgIpc) is 2.73. The van der Waals surface area contributed by atoms with Crippen molar-refractivity contribution < 1.29 is 9.50 Å². The molecule has 0 saturated carbocycles. The monoisotopic (exact) mass is 362 g/mol. The van der Waals surface area contributed by atoms with Crippen molar-refractivity contribution in [1.29, 1.82) is 0 Å². The van der Waals surface area contributed by atoms with E-state index in [4.69, 9.17) is 0 Å². The first-order chi connectivity index (χ1) is 13.0. The molecule has 0 aromatic heterocycles. The van der Waals surface area contributed by atoms with Gasteiger partial charge in [0.25, 0.3) is 0 Å². The largest absolute Gasteiger partial charge is 0.382 e. The van der Waals surface area contributed by atoms with E-state index in [1.165, 1.54) is 0 Å². The highest BCUT2D eigenvalue weighted by atomic mass is 19.1. The molecule has 3 aromatic carbocycles. The summed E-state index contributed by atoms with van der Waals surface area (Å²) in [5, 5.41) is 11.3. The zero-order chi connectivity index (χ0) is 19.3. The second-order valence-corrected chi connectivity index (χ2v) is 7.29. The Balaban J connectivity index is 2.01. The summed E-state index contributed by atoms with van der Waals surface area (Å²) in [6.45, 7) is 3.62. The predicted octanol–water partition coefficient (Wildman–Crippen LogP) is 6.62. The van der Waals surface area contributed by atoms with Crippen molar-refractivity contribution in [2.75, 3.05) is 0 Å². The van der Waals surface area contributed by atoms with Crippen molar-refractivity contribution in [3.8, 4) is 11.1 Å². The molecule has 0 saturated heterocycles. The van der Waals surface area contributed by atoms with Gasteiger partial charge in [-0.25, -0.2) is 4.39 Å². The lowest BCUT2D eigenvalue weighted by Gasteiger charge is -2.40. The molecule has 27 heavy (non-hydrogen) atoms. The van der Waals surface area contributed by atoms with E-state index in [2.05, 4.69) is 0 Å². The Hall–Kier alpha value is -2.45. The first kappa shape index (κ1) is 19.3. The molecule has 0 aliphatic rings. The fraction of sp³-hybridized carbons (Fsp3) is 0.280. The van der Waals surface area contributed by atoms with Crippen LogP contribution in [0.25, 0.3) is 11.1 Å². The molecule has 0 amide bonds. The summed E-state index contributed by atoms with van der Waals surface area (Å²) in [6, 6.07) is 26.7. The molecule has 0 fully saturated rings. The topological polar surface area (TPSA) is 20.2 Å². The molecular weight excluding hydrogens is 335 g/mol. The molecule has 1 N–H and O–H groups in total. The molecule has 2 unspecified atom stereocenters. The van der Waals surface area contributed by atoms with Crippen LogP contribution in [0.15, 0.2) is 84.9 Å². The van der Waals surface area contributed by atoms with Crippen LogP contribution in [-0.2, 0) is 11.3 Å². The number of hydrogen-bond acceptors (Lipinski definition) is 1. The Kier molecular flexibility index (Phi) is 5.76. The lowest BCUT2D eigenvalue weighted by molar-refractivity contribution is -0.108. The van der Waals surface area contributed by atoms with Crippen LogP contribution in [-0.4, -0.2) is 5.11 Å². The van der Waals surface area contributed by atoms with Gasteiger partial charge in [0.15, 0.2) is 5.67 Å². The second-order valence-electron chi connectivity index (χ2n) is 7.29. The predicted molar refractivity (Wildman–Crippen MR) is 110 cm³/mol. The fourth-order valence-corrected chi connectivity index (χ4v) is 3.64. The highest BCUT2D eigenvalue weighted by Crippen LogP contribution is 2.47. The number of halogens is 1. The third-order valence-electron chi connectivity index (χ3n) is 5.43. The lowest BCUT2D eigenvalue weighted by Crippen LogP contribution is -2.44. The van der Waals surface area contributed by atoms with Crippen LogP contribution in [0.2, 0.25) is 0 Å². The van der Waals surface area contributed by atoms with E-state index >= 15 is 4.39 Å². The van der Waals surface area contributed by atoms with Crippen LogP contribution in [0.4, 0.5) is 4.39 Å². The minimum absolute atomic E-state index is 0.274. The van der Waals surface area contributed by atoms with E-state index in [0.29, 0.717) is 17.5 Å². The SMILES string of the molecule is CCCCC(F)(c1ccc(-c2ccccc2)cc1)C(C)(O)c1ccccc1. The number of alkyl halides is 1. The minimum atomic E-state index is -1.86. The molecule has 2 atom stereocenters. The Morgan fingerprint density at radius 3 is 1.81 bits per heavy atom. The molecule has 0 spiro atoms. The van der Waals surface area contributed by atoms with Crippen molar-refractivity contribution in [2.24, 2.45) is 0 Å². The number of hydrogen-bond donors (Lipinski definition) is 1. The number of benzene rings is 3. The summed E-state index contributed by atoms with van der Waals surface area (Å²) in [4.78, 5) is 0. The molecule has 140 valence electrons. The lowest BCUT2D eigenvalue weighted by atomic mass is 9.73. The van der Waals surface area contributed by atoms with E-state index in [-0.39, 0.29) is 6.42 Å². The van der Waals surface area contributed by atoms with Gasteiger partial charge >= 0.3 is 0 Å². The maximum atomic E-state index is 16.5. The van der Waals surface area contributed by atoms with Crippen molar-refractivity contribution in [3.63, 3.8) is 0 Å². The van der Waals surface area contributed by atoms with E-state index in [9.17, 15) is 5.11 Å². The molecule has 0 heterocycles. The Labute approximate surface area is 161 Å². The van der Waals surface area contributed by atoms with Gasteiger partial charge in [-0.1, -0.05) is 105 Å². The van der Waals surface area contributed by atoms with E-state index in [1.54, 1.807) is 19.1 Å². The molecule has 2 heteroatoms. The van der Waals surface area contributed by atoms with Crippen LogP contribution in [0.1, 0.15) is 44.2 Å². The van der Waals surface area contributed by atoms with Gasteiger partial charge < -0.3 is 5.11 Å². The van der Waals surface area contributed by atoms with E-state index < -0.39 is 11.3 Å². The molecule has 1 nitrogen and oxygen atoms in total. The normalized spacial score (nSPS) is 15.7. The van der Waals surface area contributed by atoms with Crippen LogP contribution in [0.5, 0.6) is 0 Å². The highest BCUT2D eigenvalue weighted by Gasteiger charge is 2.49. The van der Waals surface area contributed by atoms with Crippen molar-refractivity contribution in [2.45, 2.75) is 44.4 Å². The zero-order valence-electron chi connectivity index (χ0n) is 16.0. The molecule has 0 aliphatic carbocycles. The first-order valence-corrected chi connectivity index (χ1v) is 9.62. The van der Waals surface area contributed by atoms with Crippen molar-refractivity contribution >= 4 is 0 Å². The van der Waals surface area contributed by atoms with Gasteiger partial charge in [-0.3, -0.25) is 0 Å². The third kappa shape index (κ3) is 3.81. The van der Waals surface area contributed by atoms with Crippen molar-refractivity contribution in [1.82, 2.24) is 0 Å².